The minimum Gasteiger partial charge on any atom is -0.508 e. The van der Waals surface area contributed by atoms with E-state index >= 15 is 0 Å². The number of carbonyl (C=O) groups excluding carboxylic acids is 1. The Morgan fingerprint density at radius 1 is 1.20 bits per heavy atom. The first kappa shape index (κ1) is 16.0. The lowest BCUT2D eigenvalue weighted by atomic mass is 9.92. The summed E-state index contributed by atoms with van der Waals surface area (Å²) in [5.74, 6) is -1.78. The first-order chi connectivity index (χ1) is 9.31. The van der Waals surface area contributed by atoms with Crippen molar-refractivity contribution in [2.45, 2.75) is 39.0 Å². The molecule has 0 saturated carbocycles. The zero-order chi connectivity index (χ0) is 15.3. The predicted molar refractivity (Wildman–Crippen MR) is 73.8 cm³/mol. The molecule has 0 fully saturated rings. The van der Waals surface area contributed by atoms with Gasteiger partial charge in [0.1, 0.15) is 17.3 Å². The van der Waals surface area contributed by atoms with E-state index in [9.17, 15) is 19.8 Å². The average Bonchev–Trinajstić information content (AvgIpc) is 2.35. The molecular formula is C15H20O5. The molecular weight excluding hydrogens is 260 g/mol. The van der Waals surface area contributed by atoms with Crippen molar-refractivity contribution in [3.05, 3.63) is 23.8 Å². The van der Waals surface area contributed by atoms with Crippen molar-refractivity contribution < 1.29 is 24.9 Å². The van der Waals surface area contributed by atoms with Crippen LogP contribution in [0.4, 0.5) is 0 Å². The molecule has 0 aliphatic rings. The molecule has 0 bridgehead atoms. The summed E-state index contributed by atoms with van der Waals surface area (Å²) in [7, 11) is 0. The van der Waals surface area contributed by atoms with Crippen LogP contribution in [-0.2, 0) is 9.59 Å². The van der Waals surface area contributed by atoms with E-state index in [1.54, 1.807) is 6.07 Å². The number of aliphatic carboxylic acids is 1. The van der Waals surface area contributed by atoms with E-state index in [2.05, 4.69) is 0 Å². The first-order valence-corrected chi connectivity index (χ1v) is 6.57. The number of phenols is 2. The number of phenolic OH excluding ortho intramolecular Hbond substituents is 2. The van der Waals surface area contributed by atoms with Crippen LogP contribution in [0, 0.1) is 5.92 Å². The molecule has 0 spiro atoms. The topological polar surface area (TPSA) is 94.8 Å². The number of carbonyl (C=O) groups is 2. The average molecular weight is 280 g/mol. The fourth-order valence-electron chi connectivity index (χ4n) is 2.01. The molecule has 20 heavy (non-hydrogen) atoms. The molecule has 0 aliphatic heterocycles. The number of rotatable bonds is 7. The number of benzene rings is 1. The van der Waals surface area contributed by atoms with Gasteiger partial charge in [0, 0.05) is 18.9 Å². The Kier molecular flexibility index (Phi) is 5.55. The van der Waals surface area contributed by atoms with Crippen molar-refractivity contribution in [3.8, 4) is 11.5 Å². The third kappa shape index (κ3) is 4.57. The fourth-order valence-corrected chi connectivity index (χ4v) is 2.01. The number of carboxylic acid groups (broad SMARTS) is 1. The van der Waals surface area contributed by atoms with Crippen molar-refractivity contribution in [3.63, 3.8) is 0 Å². The van der Waals surface area contributed by atoms with Gasteiger partial charge in [0.2, 0.25) is 0 Å². The molecule has 0 radical (unpaired) electrons. The SMILES string of the molecule is CC(CCC(=O)C[C@H](C)C(=O)O)c1ccc(O)cc1O. The van der Waals surface area contributed by atoms with Gasteiger partial charge in [0.05, 0.1) is 5.92 Å². The molecule has 5 nitrogen and oxygen atoms in total. The van der Waals surface area contributed by atoms with E-state index in [0.29, 0.717) is 12.0 Å². The van der Waals surface area contributed by atoms with Gasteiger partial charge < -0.3 is 15.3 Å². The summed E-state index contributed by atoms with van der Waals surface area (Å²) < 4.78 is 0. The Balaban J connectivity index is 2.52. The van der Waals surface area contributed by atoms with E-state index < -0.39 is 11.9 Å². The lowest BCUT2D eigenvalue weighted by molar-refractivity contribution is -0.143. The smallest absolute Gasteiger partial charge is 0.306 e. The number of Topliss-reactive ketones (excluding diaryl/α,β-unsaturated/α-hetero) is 1. The van der Waals surface area contributed by atoms with Crippen LogP contribution in [-0.4, -0.2) is 27.1 Å². The Labute approximate surface area is 117 Å². The third-order valence-corrected chi connectivity index (χ3v) is 3.36. The maximum Gasteiger partial charge on any atom is 0.306 e. The molecule has 0 aliphatic carbocycles. The molecule has 110 valence electrons. The summed E-state index contributed by atoms with van der Waals surface area (Å²) >= 11 is 0. The van der Waals surface area contributed by atoms with Gasteiger partial charge in [-0.05, 0) is 24.0 Å². The number of aromatic hydroxyl groups is 2. The molecule has 1 rings (SSSR count). The van der Waals surface area contributed by atoms with E-state index in [1.807, 2.05) is 6.92 Å². The second-order valence-electron chi connectivity index (χ2n) is 5.16. The highest BCUT2D eigenvalue weighted by atomic mass is 16.4. The van der Waals surface area contributed by atoms with Gasteiger partial charge in [-0.2, -0.15) is 0 Å². The monoisotopic (exact) mass is 280 g/mol. The number of ketones is 1. The van der Waals surface area contributed by atoms with Gasteiger partial charge in [0.15, 0.2) is 0 Å². The van der Waals surface area contributed by atoms with Gasteiger partial charge in [-0.1, -0.05) is 19.9 Å². The molecule has 3 N–H and O–H groups in total. The number of hydrogen-bond donors (Lipinski definition) is 3. The Morgan fingerprint density at radius 3 is 2.40 bits per heavy atom. The van der Waals surface area contributed by atoms with Crippen LogP contribution in [0.25, 0.3) is 0 Å². The minimum atomic E-state index is -0.970. The van der Waals surface area contributed by atoms with Crippen LogP contribution in [0.15, 0.2) is 18.2 Å². The van der Waals surface area contributed by atoms with Gasteiger partial charge in [0.25, 0.3) is 0 Å². The van der Waals surface area contributed by atoms with Crippen LogP contribution >= 0.6 is 0 Å². The van der Waals surface area contributed by atoms with E-state index in [-0.39, 0.29) is 36.0 Å². The molecule has 1 aromatic rings. The Morgan fingerprint density at radius 2 is 1.85 bits per heavy atom. The molecule has 0 saturated heterocycles. The minimum absolute atomic E-state index is 0.00357. The third-order valence-electron chi connectivity index (χ3n) is 3.36. The van der Waals surface area contributed by atoms with Crippen molar-refractivity contribution in [2.75, 3.05) is 0 Å². The summed E-state index contributed by atoms with van der Waals surface area (Å²) in [5.41, 5.74) is 0.668. The summed E-state index contributed by atoms with van der Waals surface area (Å²) in [6, 6.07) is 4.37. The maximum absolute atomic E-state index is 11.7. The van der Waals surface area contributed by atoms with Crippen LogP contribution in [0.5, 0.6) is 11.5 Å². The largest absolute Gasteiger partial charge is 0.508 e. The molecule has 2 atom stereocenters. The van der Waals surface area contributed by atoms with Crippen LogP contribution in [0.2, 0.25) is 0 Å². The molecule has 5 heteroatoms. The van der Waals surface area contributed by atoms with Crippen molar-refractivity contribution >= 4 is 11.8 Å². The quantitative estimate of drug-likeness (QED) is 0.713. The Hall–Kier alpha value is -2.04. The summed E-state index contributed by atoms with van der Waals surface area (Å²) in [6.07, 6.45) is 0.840. The molecule has 1 aromatic carbocycles. The fraction of sp³-hybridized carbons (Fsp3) is 0.467. The molecule has 0 aromatic heterocycles. The highest BCUT2D eigenvalue weighted by Crippen LogP contribution is 2.31. The molecule has 1 unspecified atom stereocenters. The molecule has 0 amide bonds. The van der Waals surface area contributed by atoms with Crippen molar-refractivity contribution in [1.29, 1.82) is 0 Å². The van der Waals surface area contributed by atoms with E-state index in [0.717, 1.165) is 0 Å². The van der Waals surface area contributed by atoms with Crippen molar-refractivity contribution in [2.24, 2.45) is 5.92 Å². The van der Waals surface area contributed by atoms with Gasteiger partial charge in [-0.25, -0.2) is 0 Å². The molecule has 0 heterocycles. The van der Waals surface area contributed by atoms with Gasteiger partial charge in [-0.15, -0.1) is 0 Å². The van der Waals surface area contributed by atoms with Gasteiger partial charge >= 0.3 is 5.97 Å². The second kappa shape index (κ2) is 6.93. The highest BCUT2D eigenvalue weighted by molar-refractivity contribution is 5.83. The van der Waals surface area contributed by atoms with E-state index in [4.69, 9.17) is 5.11 Å². The van der Waals surface area contributed by atoms with Crippen molar-refractivity contribution in [1.82, 2.24) is 0 Å². The van der Waals surface area contributed by atoms with Crippen LogP contribution < -0.4 is 0 Å². The normalized spacial score (nSPS) is 13.7. The summed E-state index contributed by atoms with van der Waals surface area (Å²) in [5, 5.41) is 27.7. The number of hydrogen-bond acceptors (Lipinski definition) is 4. The van der Waals surface area contributed by atoms with E-state index in [1.165, 1.54) is 19.1 Å². The summed E-state index contributed by atoms with van der Waals surface area (Å²) in [6.45, 7) is 3.38. The highest BCUT2D eigenvalue weighted by Gasteiger charge is 2.17. The Bertz CT molecular complexity index is 495. The lowest BCUT2D eigenvalue weighted by Crippen LogP contribution is -2.14. The lowest BCUT2D eigenvalue weighted by Gasteiger charge is -2.13. The number of carboxylic acids is 1. The zero-order valence-electron chi connectivity index (χ0n) is 11.7. The standard InChI is InChI=1S/C15H20O5/c1-9(13-6-5-12(17)8-14(13)18)3-4-11(16)7-10(2)15(19)20/h5-6,8-10,17-18H,3-4,7H2,1-2H3,(H,19,20)/t9?,10-/m0/s1. The van der Waals surface area contributed by atoms with Gasteiger partial charge in [-0.3, -0.25) is 9.59 Å². The first-order valence-electron chi connectivity index (χ1n) is 6.57. The van der Waals surface area contributed by atoms with Crippen LogP contribution in [0.3, 0.4) is 0 Å². The zero-order valence-corrected chi connectivity index (χ0v) is 11.7. The second-order valence-corrected chi connectivity index (χ2v) is 5.16. The van der Waals surface area contributed by atoms with Crippen LogP contribution in [0.1, 0.15) is 44.6 Å². The predicted octanol–water partition coefficient (Wildman–Crippen LogP) is 2.66. The maximum atomic E-state index is 11.7. The summed E-state index contributed by atoms with van der Waals surface area (Å²) in [4.78, 5) is 22.3.